The third-order valence-corrected chi connectivity index (χ3v) is 11.2. The molecule has 32 heavy (non-hydrogen) atoms. The molecule has 2 aromatic carbocycles. The van der Waals surface area contributed by atoms with Crippen LogP contribution in [0.3, 0.4) is 0 Å². The van der Waals surface area contributed by atoms with Gasteiger partial charge in [0.15, 0.2) is 0 Å². The van der Waals surface area contributed by atoms with Gasteiger partial charge in [0.1, 0.15) is 0 Å². The first-order chi connectivity index (χ1) is 14.4. The van der Waals surface area contributed by atoms with Gasteiger partial charge in [-0.25, -0.2) is 33.7 Å². The van der Waals surface area contributed by atoms with Crippen molar-refractivity contribution in [1.29, 1.82) is 0 Å². The van der Waals surface area contributed by atoms with E-state index in [9.17, 15) is 33.7 Å². The molecule has 2 aromatic rings. The molecule has 1 atom stereocenters. The zero-order valence-electron chi connectivity index (χ0n) is 17.8. The van der Waals surface area contributed by atoms with Crippen LogP contribution in [-0.2, 0) is 40.1 Å². The van der Waals surface area contributed by atoms with Gasteiger partial charge in [-0.15, -0.1) is 0 Å². The minimum atomic E-state index is -4.44. The minimum Gasteiger partial charge on any atom is -0.212 e. The fourth-order valence-corrected chi connectivity index (χ4v) is 9.25. The predicted molar refractivity (Wildman–Crippen MR) is 123 cm³/mol. The molecule has 10 nitrogen and oxygen atoms in total. The van der Waals surface area contributed by atoms with Crippen molar-refractivity contribution >= 4 is 40.1 Å². The predicted octanol–water partition coefficient (Wildman–Crippen LogP) is 0.837. The van der Waals surface area contributed by atoms with Gasteiger partial charge >= 0.3 is 0 Å². The van der Waals surface area contributed by atoms with Crippen molar-refractivity contribution in [1.82, 2.24) is 7.42 Å². The molecule has 0 bridgehead atoms. The second-order valence-electron chi connectivity index (χ2n) is 7.24. The van der Waals surface area contributed by atoms with Crippen LogP contribution in [0.25, 0.3) is 11.1 Å². The Morgan fingerprint density at radius 1 is 0.594 bits per heavy atom. The Kier molecular flexibility index (Phi) is 7.59. The molecule has 0 aliphatic carbocycles. The molecule has 0 spiro atoms. The summed E-state index contributed by atoms with van der Waals surface area (Å²) in [6, 6.07) is 13.5. The molecule has 0 amide bonds. The van der Waals surface area contributed by atoms with Gasteiger partial charge in [0, 0.05) is 0 Å². The maximum absolute atomic E-state index is 12.4. The van der Waals surface area contributed by atoms with Gasteiger partial charge in [0.2, 0.25) is 40.1 Å². The Balaban J connectivity index is 2.71. The van der Waals surface area contributed by atoms with E-state index in [2.05, 4.69) is 0 Å². The summed E-state index contributed by atoms with van der Waals surface area (Å²) in [4.78, 5) is 0. The van der Waals surface area contributed by atoms with Gasteiger partial charge in [-0.1, -0.05) is 62.0 Å². The van der Waals surface area contributed by atoms with E-state index in [1.807, 2.05) is 30.3 Å². The van der Waals surface area contributed by atoms with Gasteiger partial charge in [0.05, 0.1) is 37.6 Å². The monoisotopic (exact) mass is 524 g/mol. The van der Waals surface area contributed by atoms with Gasteiger partial charge in [-0.05, 0) is 16.7 Å². The van der Waals surface area contributed by atoms with Crippen molar-refractivity contribution < 1.29 is 33.7 Å². The quantitative estimate of drug-likeness (QED) is 0.469. The molecule has 178 valence electrons. The van der Waals surface area contributed by atoms with Crippen molar-refractivity contribution in [3.05, 3.63) is 60.2 Å². The first kappa shape index (κ1) is 26.4. The molecule has 0 radical (unpaired) electrons. The van der Waals surface area contributed by atoms with E-state index in [-0.39, 0.29) is 13.0 Å². The standard InChI is InChI=1S/C18H24N2O8S4/c1-29(21,22)19(30(2,23)24)14-18(20(31(3,25)26)32(4,27)28)17-12-10-16(11-13-17)15-8-6-5-7-9-15/h5-13,18H,14H2,1-4H3. The molecule has 0 fully saturated rings. The Labute approximate surface area is 189 Å². The van der Waals surface area contributed by atoms with Crippen molar-refractivity contribution in [3.8, 4) is 11.1 Å². The van der Waals surface area contributed by atoms with E-state index in [1.165, 1.54) is 12.1 Å². The van der Waals surface area contributed by atoms with Gasteiger partial charge in [-0.2, -0.15) is 0 Å². The first-order valence-electron chi connectivity index (χ1n) is 8.95. The molecular weight excluding hydrogens is 500 g/mol. The van der Waals surface area contributed by atoms with Crippen LogP contribution in [0.1, 0.15) is 11.6 Å². The first-order valence-corrected chi connectivity index (χ1v) is 16.3. The lowest BCUT2D eigenvalue weighted by Gasteiger charge is -2.31. The summed E-state index contributed by atoms with van der Waals surface area (Å²) < 4.78 is 98.3. The van der Waals surface area contributed by atoms with Crippen molar-refractivity contribution in [2.45, 2.75) is 6.04 Å². The largest absolute Gasteiger partial charge is 0.224 e. The van der Waals surface area contributed by atoms with Crippen LogP contribution in [0.4, 0.5) is 0 Å². The number of sulfonamides is 4. The fourth-order valence-electron chi connectivity index (χ4n) is 3.19. The Bertz CT molecular complexity index is 1320. The topological polar surface area (TPSA) is 143 Å². The third kappa shape index (κ3) is 6.59. The summed E-state index contributed by atoms with van der Waals surface area (Å²) in [5.74, 6) is 0. The molecule has 0 aliphatic heterocycles. The van der Waals surface area contributed by atoms with Crippen LogP contribution in [0.15, 0.2) is 54.6 Å². The molecule has 0 aliphatic rings. The number of benzene rings is 2. The average Bonchev–Trinajstić information content (AvgIpc) is 2.61. The maximum Gasteiger partial charge on any atom is 0.224 e. The maximum atomic E-state index is 12.4. The lowest BCUT2D eigenvalue weighted by Crippen LogP contribution is -2.46. The van der Waals surface area contributed by atoms with Crippen LogP contribution in [-0.4, -0.2) is 72.7 Å². The molecule has 0 aromatic heterocycles. The molecule has 0 heterocycles. The van der Waals surface area contributed by atoms with Crippen molar-refractivity contribution in [3.63, 3.8) is 0 Å². The zero-order valence-corrected chi connectivity index (χ0v) is 21.0. The number of nitrogens with zero attached hydrogens (tertiary/aromatic N) is 2. The fraction of sp³-hybridized carbons (Fsp3) is 0.333. The highest BCUT2D eigenvalue weighted by molar-refractivity contribution is 8.04. The number of hydrogen-bond donors (Lipinski definition) is 0. The van der Waals surface area contributed by atoms with Gasteiger partial charge in [0.25, 0.3) is 0 Å². The zero-order chi connectivity index (χ0) is 24.5. The summed E-state index contributed by atoms with van der Waals surface area (Å²) in [5.41, 5.74) is 1.67. The van der Waals surface area contributed by atoms with E-state index in [1.54, 1.807) is 12.1 Å². The molecule has 0 N–H and O–H groups in total. The van der Waals surface area contributed by atoms with Crippen LogP contribution in [0.2, 0.25) is 0 Å². The highest BCUT2D eigenvalue weighted by atomic mass is 32.3. The molecular formula is C18H24N2O8S4. The molecule has 2 rings (SSSR count). The van der Waals surface area contributed by atoms with E-state index < -0.39 is 52.7 Å². The van der Waals surface area contributed by atoms with Crippen LogP contribution in [0, 0.1) is 0 Å². The summed E-state index contributed by atoms with van der Waals surface area (Å²) in [5, 5.41) is 0. The van der Waals surface area contributed by atoms with Crippen molar-refractivity contribution in [2.24, 2.45) is 0 Å². The number of rotatable bonds is 9. The van der Waals surface area contributed by atoms with Gasteiger partial charge < -0.3 is 0 Å². The van der Waals surface area contributed by atoms with Crippen LogP contribution in [0.5, 0.6) is 0 Å². The normalized spacial score (nSPS) is 14.6. The second-order valence-corrected chi connectivity index (χ2v) is 15.2. The molecule has 1 unspecified atom stereocenters. The highest BCUT2D eigenvalue weighted by Crippen LogP contribution is 2.30. The van der Waals surface area contributed by atoms with Crippen molar-refractivity contribution in [2.75, 3.05) is 31.6 Å². The van der Waals surface area contributed by atoms with Crippen LogP contribution < -0.4 is 0 Å². The molecule has 14 heteroatoms. The Morgan fingerprint density at radius 2 is 1.00 bits per heavy atom. The highest BCUT2D eigenvalue weighted by Gasteiger charge is 2.40. The summed E-state index contributed by atoms with van der Waals surface area (Å²) in [6.45, 7) is -0.956. The molecule has 0 saturated heterocycles. The van der Waals surface area contributed by atoms with E-state index in [4.69, 9.17) is 0 Å². The summed E-state index contributed by atoms with van der Waals surface area (Å²) in [6.07, 6.45) is 2.55. The average molecular weight is 525 g/mol. The van der Waals surface area contributed by atoms with Crippen LogP contribution >= 0.6 is 0 Å². The SMILES string of the molecule is CS(=O)(=O)N(CC(c1ccc(-c2ccccc2)cc1)N(S(C)(=O)=O)S(C)(=O)=O)S(C)(=O)=O. The van der Waals surface area contributed by atoms with E-state index >= 15 is 0 Å². The van der Waals surface area contributed by atoms with E-state index in [0.29, 0.717) is 25.0 Å². The Hall–Kier alpha value is -1.84. The lowest BCUT2D eigenvalue weighted by molar-refractivity contribution is 0.388. The Morgan fingerprint density at radius 3 is 1.38 bits per heavy atom. The third-order valence-electron chi connectivity index (χ3n) is 4.37. The van der Waals surface area contributed by atoms with E-state index in [0.717, 1.165) is 11.1 Å². The summed E-state index contributed by atoms with van der Waals surface area (Å²) >= 11 is 0. The van der Waals surface area contributed by atoms with Gasteiger partial charge in [-0.3, -0.25) is 0 Å². The lowest BCUT2D eigenvalue weighted by atomic mass is 10.0. The number of hydrogen-bond acceptors (Lipinski definition) is 8. The second kappa shape index (κ2) is 9.19. The smallest absolute Gasteiger partial charge is 0.212 e. The molecule has 0 saturated carbocycles. The minimum absolute atomic E-state index is 0.0825. The summed E-state index contributed by atoms with van der Waals surface area (Å²) in [7, 11) is -17.6.